The molecule has 140 valence electrons. The smallest absolute Gasteiger partial charge is 0.322 e. The summed E-state index contributed by atoms with van der Waals surface area (Å²) >= 11 is 13.3. The number of amides is 1. The number of nitrogens with one attached hydrogen (secondary N) is 1. The van der Waals surface area contributed by atoms with E-state index in [1.54, 1.807) is 0 Å². The van der Waals surface area contributed by atoms with Crippen molar-refractivity contribution >= 4 is 73.9 Å². The Balaban J connectivity index is -0.000000712. The zero-order valence-electron chi connectivity index (χ0n) is 12.4. The van der Waals surface area contributed by atoms with Crippen molar-refractivity contribution in [2.24, 2.45) is 5.73 Å². The number of aliphatic hydroxyl groups excluding tert-OH is 2. The standard InChI is InChI=1S/C9H17NO5S3.C2H7NS.ClH/c11-4-6(12)9(17,5-16)18-2-1-7(13)10-3-8(14)15;3-1-2-4;/h6,11-12,16-17H,1-5H2,(H,10,13)(H,14,15);4H,1-3H2;1H/t6-,9+;;/m1../s1. The Morgan fingerprint density at radius 3 is 2.22 bits per heavy atom. The Morgan fingerprint density at radius 2 is 1.87 bits per heavy atom. The molecule has 0 rings (SSSR count). The second kappa shape index (κ2) is 17.3. The zero-order chi connectivity index (χ0) is 17.6. The fraction of sp³-hybridized carbons (Fsp3) is 0.818. The van der Waals surface area contributed by atoms with Crippen molar-refractivity contribution in [3.63, 3.8) is 0 Å². The van der Waals surface area contributed by atoms with E-state index in [9.17, 15) is 14.7 Å². The van der Waals surface area contributed by atoms with Crippen molar-refractivity contribution in [1.82, 2.24) is 5.32 Å². The van der Waals surface area contributed by atoms with Crippen LogP contribution >= 0.6 is 62.1 Å². The molecule has 0 saturated heterocycles. The first-order chi connectivity index (χ1) is 10.3. The van der Waals surface area contributed by atoms with Gasteiger partial charge in [0, 0.05) is 30.2 Å². The molecule has 0 spiro atoms. The lowest BCUT2D eigenvalue weighted by molar-refractivity contribution is -0.137. The Bertz CT molecular complexity index is 329. The van der Waals surface area contributed by atoms with Crippen molar-refractivity contribution < 1.29 is 24.9 Å². The van der Waals surface area contributed by atoms with Gasteiger partial charge in [-0.05, 0) is 0 Å². The van der Waals surface area contributed by atoms with Gasteiger partial charge in [0.25, 0.3) is 0 Å². The van der Waals surface area contributed by atoms with E-state index >= 15 is 0 Å². The number of hydrogen-bond acceptors (Lipinski definition) is 9. The first-order valence-corrected chi connectivity index (χ1v) is 9.02. The molecular weight excluding hydrogens is 404 g/mol. The monoisotopic (exact) mass is 428 g/mol. The number of rotatable bonds is 10. The number of carbonyl (C=O) groups is 2. The quantitative estimate of drug-likeness (QED) is 0.174. The average Bonchev–Trinajstić information content (AvgIpc) is 2.51. The second-order valence-electron chi connectivity index (χ2n) is 3.98. The van der Waals surface area contributed by atoms with Gasteiger partial charge >= 0.3 is 5.97 Å². The van der Waals surface area contributed by atoms with Gasteiger partial charge in [0.1, 0.15) is 12.6 Å². The highest BCUT2D eigenvalue weighted by Gasteiger charge is 2.33. The van der Waals surface area contributed by atoms with Gasteiger partial charge in [-0.15, -0.1) is 24.2 Å². The molecule has 0 fully saturated rings. The van der Waals surface area contributed by atoms with Crippen LogP contribution in [0.1, 0.15) is 6.42 Å². The van der Waals surface area contributed by atoms with Crippen molar-refractivity contribution in [2.45, 2.75) is 16.6 Å². The maximum atomic E-state index is 11.2. The molecular formula is C11H25ClN2O5S4. The van der Waals surface area contributed by atoms with Gasteiger partial charge < -0.3 is 26.4 Å². The summed E-state index contributed by atoms with van der Waals surface area (Å²) in [5.41, 5.74) is 4.95. The molecule has 0 aliphatic heterocycles. The number of carboxylic acid groups (broad SMARTS) is 1. The number of carbonyl (C=O) groups excluding carboxylic acids is 1. The van der Waals surface area contributed by atoms with Crippen LogP contribution in [0.5, 0.6) is 0 Å². The van der Waals surface area contributed by atoms with Crippen LogP contribution in [0.4, 0.5) is 0 Å². The molecule has 0 unspecified atom stereocenters. The lowest BCUT2D eigenvalue weighted by Gasteiger charge is -2.30. The Kier molecular flexibility index (Phi) is 21.3. The Morgan fingerprint density at radius 1 is 1.35 bits per heavy atom. The highest BCUT2D eigenvalue weighted by molar-refractivity contribution is 8.12. The van der Waals surface area contributed by atoms with Gasteiger partial charge in [-0.25, -0.2) is 0 Å². The summed E-state index contributed by atoms with van der Waals surface area (Å²) in [5.74, 6) is -0.143. The van der Waals surface area contributed by atoms with Crippen LogP contribution in [0.15, 0.2) is 0 Å². The van der Waals surface area contributed by atoms with E-state index < -0.39 is 35.2 Å². The summed E-state index contributed by atoms with van der Waals surface area (Å²) < 4.78 is -0.940. The van der Waals surface area contributed by atoms with E-state index in [1.165, 1.54) is 11.8 Å². The molecule has 0 aliphatic carbocycles. The van der Waals surface area contributed by atoms with E-state index in [0.29, 0.717) is 12.3 Å². The van der Waals surface area contributed by atoms with Gasteiger partial charge in [-0.3, -0.25) is 9.59 Å². The largest absolute Gasteiger partial charge is 0.480 e. The number of aliphatic hydroxyl groups is 2. The number of hydrogen-bond donors (Lipinski definition) is 8. The van der Waals surface area contributed by atoms with Crippen LogP contribution < -0.4 is 11.1 Å². The normalized spacial score (nSPS) is 13.7. The Hall–Kier alpha value is 0.510. The first kappa shape index (κ1) is 28.3. The number of halogens is 1. The van der Waals surface area contributed by atoms with Crippen molar-refractivity contribution in [1.29, 1.82) is 0 Å². The molecule has 0 aliphatic rings. The Labute approximate surface area is 163 Å². The van der Waals surface area contributed by atoms with Gasteiger partial charge in [0.15, 0.2) is 0 Å². The molecule has 7 nitrogen and oxygen atoms in total. The third kappa shape index (κ3) is 15.8. The van der Waals surface area contributed by atoms with Gasteiger partial charge in [-0.1, -0.05) is 0 Å². The predicted octanol–water partition coefficient (Wildman–Crippen LogP) is -0.484. The van der Waals surface area contributed by atoms with Crippen LogP contribution in [-0.4, -0.2) is 74.3 Å². The molecule has 0 heterocycles. The number of carboxylic acids is 1. The van der Waals surface area contributed by atoms with Crippen LogP contribution in [-0.2, 0) is 9.59 Å². The van der Waals surface area contributed by atoms with E-state index in [1.807, 2.05) is 0 Å². The van der Waals surface area contributed by atoms with E-state index in [4.69, 9.17) is 15.9 Å². The maximum absolute atomic E-state index is 11.2. The highest BCUT2D eigenvalue weighted by atomic mass is 35.5. The highest BCUT2D eigenvalue weighted by Crippen LogP contribution is 2.34. The minimum absolute atomic E-state index is 0. The molecule has 0 aromatic heterocycles. The topological polar surface area (TPSA) is 133 Å². The van der Waals surface area contributed by atoms with Gasteiger partial charge in [0.2, 0.25) is 5.91 Å². The molecule has 23 heavy (non-hydrogen) atoms. The molecule has 6 N–H and O–H groups in total. The second-order valence-corrected chi connectivity index (χ2v) is 7.27. The van der Waals surface area contributed by atoms with E-state index in [2.05, 4.69) is 43.2 Å². The third-order valence-electron chi connectivity index (χ3n) is 2.17. The number of nitrogens with two attached hydrogens (primary N) is 1. The molecule has 0 radical (unpaired) electrons. The summed E-state index contributed by atoms with van der Waals surface area (Å²) in [6.45, 7) is -0.174. The molecule has 0 aromatic rings. The van der Waals surface area contributed by atoms with Crippen molar-refractivity contribution in [3.8, 4) is 0 Å². The third-order valence-corrected chi connectivity index (χ3v) is 5.56. The summed E-state index contributed by atoms with van der Waals surface area (Å²) in [7, 11) is 0. The molecule has 0 bridgehead atoms. The van der Waals surface area contributed by atoms with Gasteiger partial charge in [-0.2, -0.15) is 37.9 Å². The van der Waals surface area contributed by atoms with Crippen molar-refractivity contribution in [2.75, 3.05) is 37.0 Å². The minimum Gasteiger partial charge on any atom is -0.480 e. The summed E-state index contributed by atoms with van der Waals surface area (Å²) in [6, 6.07) is 0. The number of aliphatic carboxylic acids is 1. The minimum atomic E-state index is -1.11. The molecule has 0 aromatic carbocycles. The molecule has 2 atom stereocenters. The summed E-state index contributed by atoms with van der Waals surface area (Å²) in [4.78, 5) is 21.4. The van der Waals surface area contributed by atoms with E-state index in [-0.39, 0.29) is 24.6 Å². The fourth-order valence-corrected chi connectivity index (χ4v) is 2.81. The van der Waals surface area contributed by atoms with E-state index in [0.717, 1.165) is 5.75 Å². The summed E-state index contributed by atoms with van der Waals surface area (Å²) in [5, 5.41) is 29.0. The SMILES string of the molecule is Cl.NCCS.O=C(O)CNC(=O)CCS[C@@](S)(CS)[C@H](O)CO. The van der Waals surface area contributed by atoms with Crippen LogP contribution in [0.2, 0.25) is 0 Å². The molecule has 0 saturated carbocycles. The molecule has 12 heteroatoms. The van der Waals surface area contributed by atoms with Gasteiger partial charge in [0.05, 0.1) is 10.7 Å². The number of thiol groups is 3. The molecule has 1 amide bonds. The lowest BCUT2D eigenvalue weighted by atomic mass is 10.3. The van der Waals surface area contributed by atoms with Crippen LogP contribution in [0, 0.1) is 0 Å². The first-order valence-electron chi connectivity index (χ1n) is 6.32. The lowest BCUT2D eigenvalue weighted by Crippen LogP contribution is -2.39. The van der Waals surface area contributed by atoms with Crippen LogP contribution in [0.3, 0.4) is 0 Å². The van der Waals surface area contributed by atoms with Crippen molar-refractivity contribution in [3.05, 3.63) is 0 Å². The average molecular weight is 429 g/mol. The zero-order valence-corrected chi connectivity index (χ0v) is 16.7. The maximum Gasteiger partial charge on any atom is 0.322 e. The predicted molar refractivity (Wildman–Crippen MR) is 107 cm³/mol. The fourth-order valence-electron chi connectivity index (χ4n) is 0.973. The summed E-state index contributed by atoms with van der Waals surface area (Å²) in [6.07, 6.45) is -0.947. The van der Waals surface area contributed by atoms with Crippen LogP contribution in [0.25, 0.3) is 0 Å². The number of thioether (sulfide) groups is 1.